The van der Waals surface area contributed by atoms with Crippen molar-refractivity contribution in [3.05, 3.63) is 0 Å². The number of cyclic esters (lactones) is 1. The molecule has 0 amide bonds. The van der Waals surface area contributed by atoms with E-state index >= 15 is 0 Å². The molecule has 0 aromatic heterocycles. The molecule has 9 nitrogen and oxygen atoms in total. The fraction of sp³-hybridized carbons (Fsp3) is 0.833. The number of aliphatic hydroxyl groups is 4. The predicted octanol–water partition coefficient (Wildman–Crippen LogP) is -3.51. The van der Waals surface area contributed by atoms with Crippen molar-refractivity contribution in [2.45, 2.75) is 30.3 Å². The van der Waals surface area contributed by atoms with Crippen LogP contribution in [0, 0.1) is 0 Å². The topological polar surface area (TPSA) is 165 Å². The first-order valence-corrected chi connectivity index (χ1v) is 5.77. The zero-order chi connectivity index (χ0) is 13.4. The van der Waals surface area contributed by atoms with Crippen LogP contribution in [0.15, 0.2) is 0 Å². The highest BCUT2D eigenvalue weighted by molar-refractivity contribution is 7.52. The summed E-state index contributed by atoms with van der Waals surface area (Å²) in [5.41, 5.74) is 0. The van der Waals surface area contributed by atoms with E-state index in [9.17, 15) is 24.7 Å². The number of hydrogen-bond donors (Lipinski definition) is 6. The van der Waals surface area contributed by atoms with Gasteiger partial charge in [-0.1, -0.05) is 0 Å². The molecule has 0 spiro atoms. The molecule has 0 saturated carbocycles. The molecule has 1 heterocycles. The van der Waals surface area contributed by atoms with Crippen LogP contribution in [0.1, 0.15) is 0 Å². The normalized spacial score (nSPS) is 45.2. The van der Waals surface area contributed by atoms with Crippen LogP contribution in [-0.2, 0) is 14.1 Å². The minimum Gasteiger partial charge on any atom is -0.444 e. The number of hydrogen-bond acceptors (Lipinski definition) is 8. The maximum Gasteiger partial charge on any atom is 0.368 e. The van der Waals surface area contributed by atoms with Gasteiger partial charge in [0.1, 0.15) is 18.3 Å². The van der Waals surface area contributed by atoms with E-state index in [-0.39, 0.29) is 0 Å². The van der Waals surface area contributed by atoms with Gasteiger partial charge in [0.2, 0.25) is 7.28 Å². The van der Waals surface area contributed by atoms with Gasteiger partial charge in [0.05, 0.1) is 0 Å². The lowest BCUT2D eigenvalue weighted by molar-refractivity contribution is -0.160. The van der Waals surface area contributed by atoms with Crippen LogP contribution >= 0.6 is 7.60 Å². The van der Waals surface area contributed by atoms with E-state index in [4.69, 9.17) is 11.4 Å². The van der Waals surface area contributed by atoms with Gasteiger partial charge in [-0.2, -0.15) is 0 Å². The Balaban J connectivity index is 3.08. The van der Waals surface area contributed by atoms with Crippen molar-refractivity contribution in [3.63, 3.8) is 0 Å². The highest BCUT2D eigenvalue weighted by Gasteiger charge is 2.50. The van der Waals surface area contributed by atoms with E-state index < -0.39 is 43.8 Å². The van der Waals surface area contributed by atoms with Crippen LogP contribution < -0.4 is 0 Å². The number of carbonyl (C=O) groups excluding carboxylic acids is 1. The van der Waals surface area contributed by atoms with Crippen LogP contribution in [0.2, 0.25) is 0 Å². The lowest BCUT2D eigenvalue weighted by atomic mass is 10.1. The summed E-state index contributed by atoms with van der Waals surface area (Å²) in [5, 5.41) is 37.0. The summed E-state index contributed by atoms with van der Waals surface area (Å²) in [5.74, 6) is -3.79. The minimum atomic E-state index is -4.87. The molecule has 1 rings (SSSR count). The molecule has 0 radical (unpaired) electrons. The fourth-order valence-corrected chi connectivity index (χ4v) is 2.01. The number of rotatable bonds is 2. The summed E-state index contributed by atoms with van der Waals surface area (Å²) in [6.45, 7) is 0. The van der Waals surface area contributed by atoms with Gasteiger partial charge in [-0.05, 0) is 0 Å². The van der Waals surface area contributed by atoms with Gasteiger partial charge in [-0.25, -0.2) is 4.79 Å². The molecule has 6 atom stereocenters. The van der Waals surface area contributed by atoms with E-state index in [1.165, 1.54) is 0 Å². The zero-order valence-electron chi connectivity index (χ0n) is 8.70. The summed E-state index contributed by atoms with van der Waals surface area (Å²) in [6, 6.07) is 0. The monoisotopic (exact) mass is 259 g/mol. The molecule has 1 aliphatic rings. The Morgan fingerprint density at radius 3 is 2.25 bits per heavy atom. The van der Waals surface area contributed by atoms with E-state index in [0.29, 0.717) is 0 Å². The maximum absolute atomic E-state index is 11.2. The average molecular weight is 259 g/mol. The van der Waals surface area contributed by atoms with Crippen LogP contribution in [0.3, 0.4) is 0 Å². The molecule has 1 aliphatic heterocycles. The van der Waals surface area contributed by atoms with E-state index in [2.05, 4.69) is 9.63 Å². The number of aliphatic hydroxyl groups excluding tert-OH is 4. The highest BCUT2D eigenvalue weighted by atomic mass is 31.2. The molecule has 1 saturated heterocycles. The van der Waals surface area contributed by atoms with Gasteiger partial charge in [0.15, 0.2) is 6.10 Å². The molecule has 0 aromatic carbocycles. The molecule has 94 valence electrons. The van der Waals surface area contributed by atoms with Crippen LogP contribution in [-0.4, -0.2) is 67.9 Å². The van der Waals surface area contributed by atoms with Gasteiger partial charge in [0.25, 0.3) is 0 Å². The molecule has 0 aliphatic carbocycles. The van der Waals surface area contributed by atoms with Crippen molar-refractivity contribution in [3.8, 4) is 0 Å². The second-order valence-electron chi connectivity index (χ2n) is 3.31. The van der Waals surface area contributed by atoms with Crippen molar-refractivity contribution in [2.75, 3.05) is 0 Å². The number of ether oxygens (including phenoxy) is 1. The van der Waals surface area contributed by atoms with Crippen LogP contribution in [0.25, 0.3) is 0 Å². The standard InChI is InChI=1S/C6H11O9P/c7-1-2(8)4(10)6(16(12,13)14)15-5(11)3(1)9/h1-4,6-10H,(H2,12,13,14)/t1-,2-,3+,4-,6?/m0/s1/i/hD. The minimum absolute atomic E-state index is 1.52. The number of carbonyl (C=O) groups is 1. The predicted molar refractivity (Wildman–Crippen MR) is 46.0 cm³/mol. The molecule has 2 unspecified atom stereocenters. The van der Waals surface area contributed by atoms with Gasteiger partial charge in [0, 0.05) is 0 Å². The van der Waals surface area contributed by atoms with Crippen molar-refractivity contribution < 1.29 is 44.3 Å². The molecular formula is C6H11O9P. The highest BCUT2D eigenvalue weighted by Crippen LogP contribution is 2.45. The van der Waals surface area contributed by atoms with Crippen molar-refractivity contribution in [1.82, 2.24) is 0 Å². The summed E-state index contributed by atoms with van der Waals surface area (Å²) in [7, 11) is -4.87. The van der Waals surface area contributed by atoms with E-state index in [1.807, 2.05) is 0 Å². The quantitative estimate of drug-likeness (QED) is 0.218. The molecule has 10 heteroatoms. The van der Waals surface area contributed by atoms with Gasteiger partial charge in [-0.15, -0.1) is 0 Å². The largest absolute Gasteiger partial charge is 0.444 e. The Labute approximate surface area is 90.6 Å². The third kappa shape index (κ3) is 2.41. The maximum atomic E-state index is 11.2. The molecule has 16 heavy (non-hydrogen) atoms. The fourth-order valence-electron chi connectivity index (χ4n) is 1.21. The van der Waals surface area contributed by atoms with Crippen molar-refractivity contribution in [1.29, 1.82) is 1.43 Å². The Hall–Kier alpha value is -0.540. The second-order valence-corrected chi connectivity index (χ2v) is 4.95. The summed E-state index contributed by atoms with van der Waals surface area (Å²) in [6.07, 6.45) is -8.58. The second kappa shape index (κ2) is 4.38. The summed E-state index contributed by atoms with van der Waals surface area (Å²) < 4.78 is 21.8. The Bertz CT molecular complexity index is 348. The molecule has 0 bridgehead atoms. The molecule has 1 fully saturated rings. The Morgan fingerprint density at radius 2 is 1.75 bits per heavy atom. The Morgan fingerprint density at radius 1 is 1.19 bits per heavy atom. The zero-order valence-corrected chi connectivity index (χ0v) is 8.60. The SMILES string of the molecule is [2H]OP(=O)(O)C1OC(=O)[C@H](O)[C@@H](O)[C@H](O)[C@@H]1O. The smallest absolute Gasteiger partial charge is 0.368 e. The van der Waals surface area contributed by atoms with Crippen molar-refractivity contribution in [2.24, 2.45) is 0 Å². The summed E-state index contributed by atoms with van der Waals surface area (Å²) in [4.78, 5) is 23.6. The average Bonchev–Trinajstić information content (AvgIpc) is 2.36. The van der Waals surface area contributed by atoms with Gasteiger partial charge < -0.3 is 35.0 Å². The first-order chi connectivity index (χ1) is 7.72. The lowest BCUT2D eigenvalue weighted by Gasteiger charge is -2.24. The van der Waals surface area contributed by atoms with Crippen LogP contribution in [0.4, 0.5) is 0 Å². The number of esters is 1. The summed E-state index contributed by atoms with van der Waals surface area (Å²) >= 11 is 0. The first kappa shape index (κ1) is 11.9. The first-order valence-electron chi connectivity index (χ1n) is 4.53. The van der Waals surface area contributed by atoms with Gasteiger partial charge in [-0.3, -0.25) is 4.57 Å². The van der Waals surface area contributed by atoms with Gasteiger partial charge >= 0.3 is 13.6 Å². The third-order valence-electron chi connectivity index (χ3n) is 2.12. The molecule has 0 aromatic rings. The lowest BCUT2D eigenvalue weighted by Crippen LogP contribution is -2.46. The molecular weight excluding hydrogens is 247 g/mol. The Kier molecular flexibility index (Phi) is 3.27. The molecule has 6 N–H and O–H groups in total. The van der Waals surface area contributed by atoms with Crippen molar-refractivity contribution >= 4 is 13.6 Å². The third-order valence-corrected chi connectivity index (χ3v) is 3.17. The van der Waals surface area contributed by atoms with Crippen LogP contribution in [0.5, 0.6) is 0 Å². The van der Waals surface area contributed by atoms with E-state index in [1.54, 1.807) is 0 Å². The van der Waals surface area contributed by atoms with E-state index in [0.717, 1.165) is 0 Å².